The third-order valence-corrected chi connectivity index (χ3v) is 9.19. The van der Waals surface area contributed by atoms with Gasteiger partial charge in [-0.15, -0.1) is 0 Å². The Kier molecular flexibility index (Phi) is 7.04. The molecular formula is C24H31FO3Si2. The maximum Gasteiger partial charge on any atom is 0.328 e. The van der Waals surface area contributed by atoms with Crippen LogP contribution in [0.15, 0.2) is 42.5 Å². The highest BCUT2D eigenvalue weighted by Crippen LogP contribution is 2.20. The summed E-state index contributed by atoms with van der Waals surface area (Å²) in [5, 5.41) is 11.4. The van der Waals surface area contributed by atoms with E-state index in [0.717, 1.165) is 6.08 Å². The second kappa shape index (κ2) is 8.82. The van der Waals surface area contributed by atoms with Crippen LogP contribution in [0.5, 0.6) is 0 Å². The lowest BCUT2D eigenvalue weighted by Crippen LogP contribution is -2.45. The minimum atomic E-state index is -1.60. The third-order valence-electron chi connectivity index (χ3n) is 5.15. The second-order valence-electron chi connectivity index (χ2n) is 9.88. The molecule has 0 aliphatic heterocycles. The van der Waals surface area contributed by atoms with Crippen LogP contribution in [-0.2, 0) is 11.2 Å². The van der Waals surface area contributed by atoms with Crippen molar-refractivity contribution in [3.8, 4) is 0 Å². The van der Waals surface area contributed by atoms with Gasteiger partial charge in [-0.25, -0.2) is 9.18 Å². The molecule has 0 saturated carbocycles. The van der Waals surface area contributed by atoms with E-state index < -0.39 is 27.9 Å². The number of carboxylic acids is 1. The van der Waals surface area contributed by atoms with Gasteiger partial charge in [-0.2, -0.15) is 0 Å². The molecule has 0 saturated heterocycles. The maximum absolute atomic E-state index is 14.5. The molecule has 1 N–H and O–H groups in total. The van der Waals surface area contributed by atoms with Crippen molar-refractivity contribution in [2.24, 2.45) is 0 Å². The molecule has 0 spiro atoms. The van der Waals surface area contributed by atoms with Gasteiger partial charge in [-0.05, 0) is 24.1 Å². The highest BCUT2D eigenvalue weighted by molar-refractivity contribution is 6.91. The molecule has 0 heterocycles. The fourth-order valence-electron chi connectivity index (χ4n) is 3.19. The van der Waals surface area contributed by atoms with E-state index in [4.69, 9.17) is 5.11 Å². The first kappa shape index (κ1) is 24.0. The van der Waals surface area contributed by atoms with Crippen molar-refractivity contribution in [2.45, 2.75) is 52.6 Å². The maximum atomic E-state index is 14.5. The molecule has 0 bridgehead atoms. The molecule has 2 aromatic carbocycles. The van der Waals surface area contributed by atoms with Crippen molar-refractivity contribution in [2.75, 3.05) is 0 Å². The van der Waals surface area contributed by atoms with Crippen molar-refractivity contribution >= 4 is 43.8 Å². The normalized spacial score (nSPS) is 12.7. The minimum absolute atomic E-state index is 0.0282. The van der Waals surface area contributed by atoms with Crippen LogP contribution in [0.25, 0.3) is 5.57 Å². The van der Waals surface area contributed by atoms with Gasteiger partial charge >= 0.3 is 5.97 Å². The fourth-order valence-corrected chi connectivity index (χ4v) is 5.69. The van der Waals surface area contributed by atoms with Gasteiger partial charge in [0.1, 0.15) is 5.82 Å². The number of allylic oxidation sites excluding steroid dienone is 1. The first-order chi connectivity index (χ1) is 13.7. The molecule has 30 heavy (non-hydrogen) atoms. The number of benzene rings is 2. The molecule has 0 fully saturated rings. The van der Waals surface area contributed by atoms with E-state index in [1.165, 1.54) is 16.4 Å². The monoisotopic (exact) mass is 442 g/mol. The van der Waals surface area contributed by atoms with E-state index in [9.17, 15) is 14.0 Å². The Morgan fingerprint density at radius 1 is 0.933 bits per heavy atom. The molecule has 6 heteroatoms. The van der Waals surface area contributed by atoms with E-state index >= 15 is 0 Å². The zero-order chi connectivity index (χ0) is 22.9. The fraction of sp³-hybridized carbons (Fsp3) is 0.333. The van der Waals surface area contributed by atoms with E-state index in [0.29, 0.717) is 16.7 Å². The molecule has 0 aliphatic carbocycles. The molecule has 2 rings (SSSR count). The Hall–Kier alpha value is -2.32. The predicted molar refractivity (Wildman–Crippen MR) is 128 cm³/mol. The zero-order valence-corrected chi connectivity index (χ0v) is 20.9. The first-order valence-corrected chi connectivity index (χ1v) is 17.1. The number of halogens is 1. The summed E-state index contributed by atoms with van der Waals surface area (Å²) in [4.78, 5) is 23.9. The number of ketones is 1. The van der Waals surface area contributed by atoms with Crippen molar-refractivity contribution in [3.63, 3.8) is 0 Å². The second-order valence-corrected chi connectivity index (χ2v) is 20.0. The number of carboxylic acid groups (broad SMARTS) is 1. The van der Waals surface area contributed by atoms with Crippen LogP contribution in [0.4, 0.5) is 4.39 Å². The molecule has 3 nitrogen and oxygen atoms in total. The van der Waals surface area contributed by atoms with Crippen LogP contribution in [0, 0.1) is 5.82 Å². The predicted octanol–water partition coefficient (Wildman–Crippen LogP) is 4.83. The lowest BCUT2D eigenvalue weighted by atomic mass is 9.99. The Balaban J connectivity index is 2.38. The number of carbonyl (C=O) groups excluding carboxylic acids is 1. The van der Waals surface area contributed by atoms with Gasteiger partial charge in [-0.1, -0.05) is 80.0 Å². The van der Waals surface area contributed by atoms with Crippen molar-refractivity contribution in [1.29, 1.82) is 0 Å². The largest absolute Gasteiger partial charge is 0.478 e. The zero-order valence-electron chi connectivity index (χ0n) is 18.9. The van der Waals surface area contributed by atoms with Crippen LogP contribution < -0.4 is 10.4 Å². The average molecular weight is 443 g/mol. The molecule has 2 aromatic rings. The van der Waals surface area contributed by atoms with Crippen LogP contribution in [0.2, 0.25) is 39.3 Å². The van der Waals surface area contributed by atoms with Gasteiger partial charge in [-0.3, -0.25) is 4.79 Å². The highest BCUT2D eigenvalue weighted by Gasteiger charge is 2.24. The number of hydrogen-bond acceptors (Lipinski definition) is 2. The summed E-state index contributed by atoms with van der Waals surface area (Å²) < 4.78 is 14.5. The average Bonchev–Trinajstić information content (AvgIpc) is 2.59. The lowest BCUT2D eigenvalue weighted by Gasteiger charge is -2.24. The molecule has 0 radical (unpaired) electrons. The van der Waals surface area contributed by atoms with Gasteiger partial charge in [0.05, 0.1) is 16.1 Å². The smallest absolute Gasteiger partial charge is 0.328 e. The molecule has 0 amide bonds. The summed E-state index contributed by atoms with van der Waals surface area (Å²) in [6.45, 7) is 15.2. The summed E-state index contributed by atoms with van der Waals surface area (Å²) in [7, 11) is -3.20. The van der Waals surface area contributed by atoms with E-state index in [1.807, 2.05) is 12.1 Å². The first-order valence-electron chi connectivity index (χ1n) is 10.1. The SMILES string of the molecule is C/C(=C\C(=O)O)c1ccc(CC(=O)c2cc([Si](C)(C)C)cc([Si](C)(C)C)c2)cc1F. The van der Waals surface area contributed by atoms with Crippen molar-refractivity contribution in [1.82, 2.24) is 0 Å². The quantitative estimate of drug-likeness (QED) is 0.380. The van der Waals surface area contributed by atoms with Gasteiger partial charge in [0.25, 0.3) is 0 Å². The molecular weight excluding hydrogens is 411 g/mol. The van der Waals surface area contributed by atoms with Crippen molar-refractivity contribution < 1.29 is 19.1 Å². The van der Waals surface area contributed by atoms with Gasteiger partial charge in [0.15, 0.2) is 5.78 Å². The summed E-state index contributed by atoms with van der Waals surface area (Å²) >= 11 is 0. The minimum Gasteiger partial charge on any atom is -0.478 e. The van der Waals surface area contributed by atoms with E-state index in [-0.39, 0.29) is 17.8 Å². The number of Topliss-reactive ketones (excluding diaryl/α,β-unsaturated/α-hetero) is 1. The van der Waals surface area contributed by atoms with Gasteiger partial charge in [0.2, 0.25) is 0 Å². The Morgan fingerprint density at radius 3 is 1.90 bits per heavy atom. The molecule has 160 valence electrons. The molecule has 0 unspecified atom stereocenters. The Labute approximate surface area is 180 Å². The molecule has 0 atom stereocenters. The van der Waals surface area contributed by atoms with Crippen LogP contribution >= 0.6 is 0 Å². The number of rotatable bonds is 7. The standard InChI is InChI=1S/C24H31FO3Si2/c1-16(10-24(27)28)21-9-8-17(11-22(21)25)12-23(26)18-13-19(29(2,3)4)15-20(14-18)30(5,6)7/h8-11,13-15H,12H2,1-7H3,(H,27,28)/b16-10+. The third kappa shape index (κ3) is 6.09. The van der Waals surface area contributed by atoms with Crippen molar-refractivity contribution in [3.05, 3.63) is 65.0 Å². The highest BCUT2D eigenvalue weighted by atomic mass is 28.3. The summed E-state index contributed by atoms with van der Waals surface area (Å²) in [6.07, 6.45) is 1.09. The van der Waals surface area contributed by atoms with Gasteiger partial charge in [0, 0.05) is 23.6 Å². The number of carbonyl (C=O) groups is 2. The van der Waals surface area contributed by atoms with Gasteiger partial charge < -0.3 is 5.11 Å². The molecule has 0 aromatic heterocycles. The van der Waals surface area contributed by atoms with Crippen LogP contribution in [0.3, 0.4) is 0 Å². The lowest BCUT2D eigenvalue weighted by molar-refractivity contribution is -0.131. The summed E-state index contributed by atoms with van der Waals surface area (Å²) in [5.41, 5.74) is 1.84. The number of aliphatic carboxylic acids is 1. The van der Waals surface area contributed by atoms with E-state index in [1.54, 1.807) is 19.1 Å². The summed E-state index contributed by atoms with van der Waals surface area (Å²) in [5.74, 6) is -1.67. The molecule has 0 aliphatic rings. The topological polar surface area (TPSA) is 54.4 Å². The van der Waals surface area contributed by atoms with Crippen LogP contribution in [-0.4, -0.2) is 33.0 Å². The van der Waals surface area contributed by atoms with E-state index in [2.05, 4.69) is 45.3 Å². The summed E-state index contributed by atoms with van der Waals surface area (Å²) in [6, 6.07) is 10.9. The number of hydrogen-bond donors (Lipinski definition) is 1. The Morgan fingerprint density at radius 2 is 1.47 bits per heavy atom. The Bertz CT molecular complexity index is 980. The van der Waals surface area contributed by atoms with Crippen LogP contribution in [0.1, 0.15) is 28.4 Å².